The summed E-state index contributed by atoms with van der Waals surface area (Å²) in [4.78, 5) is 0. The molecule has 0 amide bonds. The third-order valence-electron chi connectivity index (χ3n) is 3.07. The molecule has 0 heterocycles. The number of methoxy groups -OCH3 is 1. The summed E-state index contributed by atoms with van der Waals surface area (Å²) in [6, 6.07) is 0.665. The normalized spacial score (nSPS) is 36.8. The SMILES string of the molecule is CNC1C(C)CCCC1COC. The van der Waals surface area contributed by atoms with E-state index in [1.165, 1.54) is 19.3 Å². The Labute approximate surface area is 75.7 Å². The number of rotatable bonds is 3. The smallest absolute Gasteiger partial charge is 0.0505 e. The van der Waals surface area contributed by atoms with Gasteiger partial charge in [-0.2, -0.15) is 0 Å². The third-order valence-corrected chi connectivity index (χ3v) is 3.07. The van der Waals surface area contributed by atoms with Crippen LogP contribution in [0.5, 0.6) is 0 Å². The van der Waals surface area contributed by atoms with Gasteiger partial charge in [-0.15, -0.1) is 0 Å². The molecule has 3 atom stereocenters. The molecule has 0 bridgehead atoms. The molecule has 12 heavy (non-hydrogen) atoms. The van der Waals surface area contributed by atoms with Crippen LogP contribution >= 0.6 is 0 Å². The zero-order chi connectivity index (χ0) is 8.97. The second kappa shape index (κ2) is 4.83. The third kappa shape index (κ3) is 2.20. The van der Waals surface area contributed by atoms with Crippen molar-refractivity contribution in [2.45, 2.75) is 32.2 Å². The molecule has 0 aliphatic heterocycles. The lowest BCUT2D eigenvalue weighted by Crippen LogP contribution is -2.43. The summed E-state index contributed by atoms with van der Waals surface area (Å²) in [5.74, 6) is 1.53. The van der Waals surface area contributed by atoms with Crippen LogP contribution < -0.4 is 5.32 Å². The molecular formula is C10H21NO. The van der Waals surface area contributed by atoms with Gasteiger partial charge in [0.05, 0.1) is 6.61 Å². The van der Waals surface area contributed by atoms with Crippen molar-refractivity contribution in [2.24, 2.45) is 11.8 Å². The monoisotopic (exact) mass is 171 g/mol. The first kappa shape index (κ1) is 10.0. The molecule has 72 valence electrons. The van der Waals surface area contributed by atoms with Gasteiger partial charge in [-0.3, -0.25) is 0 Å². The Balaban J connectivity index is 2.45. The Bertz CT molecular complexity index is 125. The zero-order valence-corrected chi connectivity index (χ0v) is 8.47. The van der Waals surface area contributed by atoms with Crippen molar-refractivity contribution in [3.8, 4) is 0 Å². The van der Waals surface area contributed by atoms with Crippen LogP contribution in [0.1, 0.15) is 26.2 Å². The molecule has 3 unspecified atom stereocenters. The van der Waals surface area contributed by atoms with E-state index in [-0.39, 0.29) is 0 Å². The Morgan fingerprint density at radius 1 is 1.42 bits per heavy atom. The molecule has 1 rings (SSSR count). The summed E-state index contributed by atoms with van der Waals surface area (Å²) >= 11 is 0. The topological polar surface area (TPSA) is 21.3 Å². The largest absolute Gasteiger partial charge is 0.384 e. The van der Waals surface area contributed by atoms with Crippen molar-refractivity contribution >= 4 is 0 Å². The van der Waals surface area contributed by atoms with Gasteiger partial charge in [0.2, 0.25) is 0 Å². The Kier molecular flexibility index (Phi) is 4.02. The van der Waals surface area contributed by atoms with E-state index in [4.69, 9.17) is 4.74 Å². The maximum absolute atomic E-state index is 5.22. The van der Waals surface area contributed by atoms with E-state index in [0.717, 1.165) is 18.4 Å². The van der Waals surface area contributed by atoms with Crippen LogP contribution in [0.3, 0.4) is 0 Å². The second-order valence-corrected chi connectivity index (χ2v) is 3.94. The molecule has 1 N–H and O–H groups in total. The van der Waals surface area contributed by atoms with E-state index in [2.05, 4.69) is 19.3 Å². The van der Waals surface area contributed by atoms with Crippen LogP contribution in [0.25, 0.3) is 0 Å². The lowest BCUT2D eigenvalue weighted by atomic mass is 9.78. The molecule has 1 aliphatic carbocycles. The highest BCUT2D eigenvalue weighted by Crippen LogP contribution is 2.28. The van der Waals surface area contributed by atoms with Crippen molar-refractivity contribution in [3.05, 3.63) is 0 Å². The minimum atomic E-state index is 0.665. The van der Waals surface area contributed by atoms with Gasteiger partial charge in [-0.1, -0.05) is 13.3 Å². The lowest BCUT2D eigenvalue weighted by molar-refractivity contribution is 0.0902. The van der Waals surface area contributed by atoms with Crippen LogP contribution in [0.4, 0.5) is 0 Å². The van der Waals surface area contributed by atoms with Crippen molar-refractivity contribution < 1.29 is 4.74 Å². The predicted molar refractivity (Wildman–Crippen MR) is 51.2 cm³/mol. The minimum Gasteiger partial charge on any atom is -0.384 e. The predicted octanol–water partition coefficient (Wildman–Crippen LogP) is 1.66. The fraction of sp³-hybridized carbons (Fsp3) is 1.00. The van der Waals surface area contributed by atoms with Crippen molar-refractivity contribution in [1.82, 2.24) is 5.32 Å². The molecular weight excluding hydrogens is 150 g/mol. The van der Waals surface area contributed by atoms with E-state index >= 15 is 0 Å². The van der Waals surface area contributed by atoms with E-state index in [1.54, 1.807) is 7.11 Å². The number of hydrogen-bond acceptors (Lipinski definition) is 2. The molecule has 0 spiro atoms. The van der Waals surface area contributed by atoms with Gasteiger partial charge in [0.1, 0.15) is 0 Å². The lowest BCUT2D eigenvalue weighted by Gasteiger charge is -2.35. The first-order chi connectivity index (χ1) is 5.79. The molecule has 0 aromatic rings. The summed E-state index contributed by atoms with van der Waals surface area (Å²) in [7, 11) is 3.86. The Hall–Kier alpha value is -0.0800. The molecule has 2 heteroatoms. The minimum absolute atomic E-state index is 0.665. The quantitative estimate of drug-likeness (QED) is 0.697. The average molecular weight is 171 g/mol. The Morgan fingerprint density at radius 3 is 2.75 bits per heavy atom. The fourth-order valence-electron chi connectivity index (χ4n) is 2.45. The van der Waals surface area contributed by atoms with Crippen LogP contribution in [0, 0.1) is 11.8 Å². The van der Waals surface area contributed by atoms with Gasteiger partial charge >= 0.3 is 0 Å². The summed E-state index contributed by atoms with van der Waals surface area (Å²) in [5, 5.41) is 3.41. The van der Waals surface area contributed by atoms with Crippen LogP contribution in [0.2, 0.25) is 0 Å². The average Bonchev–Trinajstić information content (AvgIpc) is 2.05. The van der Waals surface area contributed by atoms with Gasteiger partial charge < -0.3 is 10.1 Å². The molecule has 0 radical (unpaired) electrons. The maximum atomic E-state index is 5.22. The Morgan fingerprint density at radius 2 is 2.17 bits per heavy atom. The van der Waals surface area contributed by atoms with Gasteiger partial charge in [0.25, 0.3) is 0 Å². The highest BCUT2D eigenvalue weighted by Gasteiger charge is 2.28. The van der Waals surface area contributed by atoms with Gasteiger partial charge in [-0.25, -0.2) is 0 Å². The van der Waals surface area contributed by atoms with Crippen molar-refractivity contribution in [1.29, 1.82) is 0 Å². The van der Waals surface area contributed by atoms with Crippen molar-refractivity contribution in [2.75, 3.05) is 20.8 Å². The number of hydrogen-bond donors (Lipinski definition) is 1. The van der Waals surface area contributed by atoms with Crippen molar-refractivity contribution in [3.63, 3.8) is 0 Å². The molecule has 0 aromatic heterocycles. The second-order valence-electron chi connectivity index (χ2n) is 3.94. The standard InChI is InChI=1S/C10H21NO/c1-8-5-4-6-9(7-12-3)10(8)11-2/h8-11H,4-7H2,1-3H3. The highest BCUT2D eigenvalue weighted by molar-refractivity contribution is 4.84. The first-order valence-corrected chi connectivity index (χ1v) is 4.95. The van der Waals surface area contributed by atoms with Gasteiger partial charge in [0.15, 0.2) is 0 Å². The van der Waals surface area contributed by atoms with Crippen LogP contribution in [-0.2, 0) is 4.74 Å². The fourth-order valence-corrected chi connectivity index (χ4v) is 2.45. The molecule has 1 aliphatic rings. The molecule has 1 saturated carbocycles. The summed E-state index contributed by atoms with van der Waals surface area (Å²) in [6.45, 7) is 3.25. The highest BCUT2D eigenvalue weighted by atomic mass is 16.5. The number of nitrogens with one attached hydrogen (secondary N) is 1. The van der Waals surface area contributed by atoms with Crippen LogP contribution in [-0.4, -0.2) is 26.8 Å². The molecule has 0 saturated heterocycles. The molecule has 0 aromatic carbocycles. The zero-order valence-electron chi connectivity index (χ0n) is 8.47. The van der Waals surface area contributed by atoms with E-state index < -0.39 is 0 Å². The summed E-state index contributed by atoms with van der Waals surface area (Å²) in [6.07, 6.45) is 4.06. The molecule has 2 nitrogen and oxygen atoms in total. The van der Waals surface area contributed by atoms with Gasteiger partial charge in [0, 0.05) is 13.2 Å². The van der Waals surface area contributed by atoms with Crippen LogP contribution in [0.15, 0.2) is 0 Å². The summed E-state index contributed by atoms with van der Waals surface area (Å²) < 4.78 is 5.22. The maximum Gasteiger partial charge on any atom is 0.0505 e. The first-order valence-electron chi connectivity index (χ1n) is 4.95. The van der Waals surface area contributed by atoms with E-state index in [9.17, 15) is 0 Å². The van der Waals surface area contributed by atoms with Gasteiger partial charge in [-0.05, 0) is 31.7 Å². The summed E-state index contributed by atoms with van der Waals surface area (Å²) in [5.41, 5.74) is 0. The molecule has 1 fully saturated rings. The van der Waals surface area contributed by atoms with E-state index in [0.29, 0.717) is 6.04 Å². The number of ether oxygens (including phenoxy) is 1. The van der Waals surface area contributed by atoms with E-state index in [1.807, 2.05) is 0 Å².